The molecule has 2 aromatic carbocycles. The number of fused-ring (bicyclic) bond motifs is 1. The first-order valence-corrected chi connectivity index (χ1v) is 9.94. The molecule has 0 saturated heterocycles. The van der Waals surface area contributed by atoms with Gasteiger partial charge in [-0.1, -0.05) is 18.3 Å². The maximum absolute atomic E-state index is 12.9. The highest BCUT2D eigenvalue weighted by atomic mass is 32.1. The molecule has 7 nitrogen and oxygen atoms in total. The number of rotatable bonds is 7. The number of nitrogens with zero attached hydrogens (tertiary/aromatic N) is 2. The highest BCUT2D eigenvalue weighted by molar-refractivity contribution is 7.16. The van der Waals surface area contributed by atoms with E-state index in [9.17, 15) is 4.79 Å². The summed E-state index contributed by atoms with van der Waals surface area (Å²) in [4.78, 5) is 17.9. The lowest BCUT2D eigenvalue weighted by atomic mass is 10.2. The SMILES string of the molecule is CCCn1c(=NC(=O)c2ccc(OC)c(OC)c2)sc2c(OC)ccc(OC)c21. The highest BCUT2D eigenvalue weighted by Crippen LogP contribution is 2.35. The third-order valence-corrected chi connectivity index (χ3v) is 5.56. The lowest BCUT2D eigenvalue weighted by Crippen LogP contribution is -2.17. The molecule has 1 heterocycles. The van der Waals surface area contributed by atoms with E-state index < -0.39 is 0 Å². The van der Waals surface area contributed by atoms with Crippen molar-refractivity contribution in [3.8, 4) is 23.0 Å². The average molecular weight is 416 g/mol. The van der Waals surface area contributed by atoms with Gasteiger partial charge in [-0.25, -0.2) is 0 Å². The summed E-state index contributed by atoms with van der Waals surface area (Å²) in [6.45, 7) is 2.77. The van der Waals surface area contributed by atoms with Crippen LogP contribution >= 0.6 is 11.3 Å². The second-order valence-electron chi connectivity index (χ2n) is 6.17. The molecule has 0 aliphatic heterocycles. The van der Waals surface area contributed by atoms with E-state index in [0.29, 0.717) is 34.2 Å². The highest BCUT2D eigenvalue weighted by Gasteiger charge is 2.17. The lowest BCUT2D eigenvalue weighted by molar-refractivity contribution is 0.0997. The summed E-state index contributed by atoms with van der Waals surface area (Å²) in [5.74, 6) is 2.11. The Morgan fingerprint density at radius 1 is 0.931 bits per heavy atom. The maximum Gasteiger partial charge on any atom is 0.279 e. The van der Waals surface area contributed by atoms with Crippen LogP contribution in [0.4, 0.5) is 0 Å². The van der Waals surface area contributed by atoms with Gasteiger partial charge in [0.05, 0.1) is 28.4 Å². The second kappa shape index (κ2) is 9.00. The fourth-order valence-electron chi connectivity index (χ4n) is 3.09. The Morgan fingerprint density at radius 2 is 1.55 bits per heavy atom. The quantitative estimate of drug-likeness (QED) is 0.584. The van der Waals surface area contributed by atoms with Gasteiger partial charge in [0.25, 0.3) is 5.91 Å². The van der Waals surface area contributed by atoms with Gasteiger partial charge in [0, 0.05) is 12.1 Å². The minimum absolute atomic E-state index is 0.361. The third kappa shape index (κ3) is 3.93. The minimum Gasteiger partial charge on any atom is -0.495 e. The molecular weight excluding hydrogens is 392 g/mol. The Labute approximate surface area is 173 Å². The summed E-state index contributed by atoms with van der Waals surface area (Å²) < 4.78 is 24.5. The Kier molecular flexibility index (Phi) is 6.43. The van der Waals surface area contributed by atoms with E-state index in [0.717, 1.165) is 22.4 Å². The van der Waals surface area contributed by atoms with Crippen LogP contribution in [0.1, 0.15) is 23.7 Å². The van der Waals surface area contributed by atoms with Crippen molar-refractivity contribution in [1.29, 1.82) is 0 Å². The first kappa shape index (κ1) is 20.7. The van der Waals surface area contributed by atoms with Crippen molar-refractivity contribution in [3.05, 3.63) is 40.7 Å². The molecule has 154 valence electrons. The van der Waals surface area contributed by atoms with Crippen LogP contribution in [-0.2, 0) is 6.54 Å². The fraction of sp³-hybridized carbons (Fsp3) is 0.333. The fourth-order valence-corrected chi connectivity index (χ4v) is 4.25. The zero-order valence-corrected chi connectivity index (χ0v) is 18.0. The monoisotopic (exact) mass is 416 g/mol. The molecule has 1 aromatic heterocycles. The van der Waals surface area contributed by atoms with Gasteiger partial charge in [-0.15, -0.1) is 0 Å². The predicted molar refractivity (Wildman–Crippen MR) is 113 cm³/mol. The second-order valence-corrected chi connectivity index (χ2v) is 7.15. The first-order valence-electron chi connectivity index (χ1n) is 9.13. The van der Waals surface area contributed by atoms with Gasteiger partial charge in [0.1, 0.15) is 21.7 Å². The number of benzene rings is 2. The van der Waals surface area contributed by atoms with Crippen LogP contribution in [0.25, 0.3) is 10.2 Å². The molecule has 0 saturated carbocycles. The summed E-state index contributed by atoms with van der Waals surface area (Å²) in [6.07, 6.45) is 0.879. The van der Waals surface area contributed by atoms with Crippen LogP contribution in [0, 0.1) is 0 Å². The molecule has 1 amide bonds. The van der Waals surface area contributed by atoms with Gasteiger partial charge in [-0.05, 0) is 36.8 Å². The van der Waals surface area contributed by atoms with Crippen LogP contribution in [-0.4, -0.2) is 38.9 Å². The Bertz CT molecular complexity index is 1100. The van der Waals surface area contributed by atoms with E-state index in [-0.39, 0.29) is 5.91 Å². The maximum atomic E-state index is 12.9. The number of aryl methyl sites for hydroxylation is 1. The number of amides is 1. The van der Waals surface area contributed by atoms with Gasteiger partial charge in [0.2, 0.25) is 0 Å². The van der Waals surface area contributed by atoms with Crippen LogP contribution in [0.15, 0.2) is 35.3 Å². The van der Waals surface area contributed by atoms with Crippen molar-refractivity contribution >= 4 is 27.5 Å². The van der Waals surface area contributed by atoms with E-state index in [4.69, 9.17) is 18.9 Å². The van der Waals surface area contributed by atoms with E-state index >= 15 is 0 Å². The van der Waals surface area contributed by atoms with Crippen molar-refractivity contribution in [2.75, 3.05) is 28.4 Å². The molecular formula is C21H24N2O5S. The van der Waals surface area contributed by atoms with E-state index in [1.807, 2.05) is 16.7 Å². The topological polar surface area (TPSA) is 71.3 Å². The molecule has 0 unspecified atom stereocenters. The normalized spacial score (nSPS) is 11.6. The van der Waals surface area contributed by atoms with E-state index in [1.54, 1.807) is 39.5 Å². The van der Waals surface area contributed by atoms with Gasteiger partial charge < -0.3 is 23.5 Å². The van der Waals surface area contributed by atoms with Crippen LogP contribution in [0.3, 0.4) is 0 Å². The number of ether oxygens (including phenoxy) is 4. The largest absolute Gasteiger partial charge is 0.495 e. The molecule has 0 aliphatic carbocycles. The molecule has 0 spiro atoms. The molecule has 0 atom stereocenters. The van der Waals surface area contributed by atoms with Crippen molar-refractivity contribution in [2.24, 2.45) is 4.99 Å². The number of thiazole rings is 1. The minimum atomic E-state index is -0.361. The lowest BCUT2D eigenvalue weighted by Gasteiger charge is -2.09. The van der Waals surface area contributed by atoms with Crippen LogP contribution in [0.5, 0.6) is 23.0 Å². The zero-order valence-electron chi connectivity index (χ0n) is 17.1. The number of carbonyl (C=O) groups excluding carboxylic acids is 1. The molecule has 8 heteroatoms. The molecule has 3 rings (SSSR count). The van der Waals surface area contributed by atoms with Gasteiger partial charge in [0.15, 0.2) is 16.3 Å². The Morgan fingerprint density at radius 3 is 2.17 bits per heavy atom. The number of aromatic nitrogens is 1. The first-order chi connectivity index (χ1) is 14.1. The molecule has 0 radical (unpaired) electrons. The van der Waals surface area contributed by atoms with Crippen molar-refractivity contribution in [1.82, 2.24) is 4.57 Å². The smallest absolute Gasteiger partial charge is 0.279 e. The Hall–Kier alpha value is -3.00. The van der Waals surface area contributed by atoms with Gasteiger partial charge in [-0.3, -0.25) is 4.79 Å². The molecule has 0 bridgehead atoms. The van der Waals surface area contributed by atoms with Crippen molar-refractivity contribution in [2.45, 2.75) is 19.9 Å². The number of hydrogen-bond donors (Lipinski definition) is 0. The van der Waals surface area contributed by atoms with Crippen molar-refractivity contribution < 1.29 is 23.7 Å². The molecule has 0 aliphatic rings. The average Bonchev–Trinajstić information content (AvgIpc) is 3.10. The molecule has 0 N–H and O–H groups in total. The summed E-state index contributed by atoms with van der Waals surface area (Å²) in [5, 5.41) is 0. The molecule has 29 heavy (non-hydrogen) atoms. The summed E-state index contributed by atoms with van der Waals surface area (Å²) in [6, 6.07) is 8.71. The van der Waals surface area contributed by atoms with Gasteiger partial charge >= 0.3 is 0 Å². The van der Waals surface area contributed by atoms with Crippen molar-refractivity contribution in [3.63, 3.8) is 0 Å². The standard InChI is InChI=1S/C21H24N2O5S/c1-6-11-23-18-15(26-3)9-10-16(27-4)19(18)29-21(23)22-20(24)13-7-8-14(25-2)17(12-13)28-5/h7-10,12H,6,11H2,1-5H3. The van der Waals surface area contributed by atoms with Crippen LogP contribution in [0.2, 0.25) is 0 Å². The van der Waals surface area contributed by atoms with Gasteiger partial charge in [-0.2, -0.15) is 4.99 Å². The number of carbonyl (C=O) groups is 1. The van der Waals surface area contributed by atoms with E-state index in [2.05, 4.69) is 11.9 Å². The number of hydrogen-bond acceptors (Lipinski definition) is 6. The van der Waals surface area contributed by atoms with Crippen LogP contribution < -0.4 is 23.7 Å². The van der Waals surface area contributed by atoms with E-state index in [1.165, 1.54) is 18.4 Å². The number of methoxy groups -OCH3 is 4. The summed E-state index contributed by atoms with van der Waals surface area (Å²) >= 11 is 1.40. The molecule has 0 fully saturated rings. The summed E-state index contributed by atoms with van der Waals surface area (Å²) in [5.41, 5.74) is 1.29. The Balaban J connectivity index is 2.19. The third-order valence-electron chi connectivity index (χ3n) is 4.47. The predicted octanol–water partition coefficient (Wildman–Crippen LogP) is 3.89. The molecule has 3 aromatic rings. The summed E-state index contributed by atoms with van der Waals surface area (Å²) in [7, 11) is 6.33. The zero-order chi connectivity index (χ0) is 21.0.